The number of aryl methyl sites for hydroxylation is 1. The van der Waals surface area contributed by atoms with Crippen molar-refractivity contribution < 1.29 is 14.4 Å². The third kappa shape index (κ3) is 4.31. The molecule has 1 aromatic rings. The summed E-state index contributed by atoms with van der Waals surface area (Å²) in [7, 11) is 1.90. The molecule has 1 heterocycles. The summed E-state index contributed by atoms with van der Waals surface area (Å²) in [5.74, 6) is 1.26. The van der Waals surface area contributed by atoms with Crippen LogP contribution >= 0.6 is 0 Å². The van der Waals surface area contributed by atoms with E-state index in [0.717, 1.165) is 25.8 Å². The van der Waals surface area contributed by atoms with Gasteiger partial charge in [0.25, 0.3) is 0 Å². The molecule has 2 atom stereocenters. The molecule has 0 aliphatic heterocycles. The van der Waals surface area contributed by atoms with Crippen molar-refractivity contribution in [2.45, 2.75) is 38.7 Å². The van der Waals surface area contributed by atoms with E-state index in [1.54, 1.807) is 13.0 Å². The van der Waals surface area contributed by atoms with E-state index in [0.29, 0.717) is 11.6 Å². The highest BCUT2D eigenvalue weighted by Gasteiger charge is 2.24. The molecule has 0 aromatic carbocycles. The Labute approximate surface area is 119 Å². The van der Waals surface area contributed by atoms with Gasteiger partial charge in [-0.15, -0.1) is 0 Å². The van der Waals surface area contributed by atoms with Crippen LogP contribution in [0.3, 0.4) is 0 Å². The highest BCUT2D eigenvalue weighted by molar-refractivity contribution is 5.91. The van der Waals surface area contributed by atoms with Crippen molar-refractivity contribution in [2.24, 2.45) is 5.92 Å². The van der Waals surface area contributed by atoms with E-state index in [9.17, 15) is 9.90 Å². The lowest BCUT2D eigenvalue weighted by molar-refractivity contribution is -0.117. The Hall–Kier alpha value is -1.40. The first kappa shape index (κ1) is 15.0. The zero-order valence-corrected chi connectivity index (χ0v) is 12.1. The van der Waals surface area contributed by atoms with Crippen LogP contribution in [0.15, 0.2) is 10.6 Å². The fraction of sp³-hybridized carbons (Fsp3) is 0.714. The highest BCUT2D eigenvalue weighted by Crippen LogP contribution is 2.24. The van der Waals surface area contributed by atoms with Crippen molar-refractivity contribution in [1.29, 1.82) is 0 Å². The standard InChI is InChI=1S/C14H23N3O3/c1-10-7-13(16-20-10)15-14(19)9-17(2)8-11-5-3-4-6-12(11)18/h7,11-12,18H,3-6,8-9H2,1-2H3,(H,15,16,19). The van der Waals surface area contributed by atoms with Crippen molar-refractivity contribution in [3.05, 3.63) is 11.8 Å². The lowest BCUT2D eigenvalue weighted by atomic mass is 9.86. The minimum atomic E-state index is -0.229. The molecule has 2 N–H and O–H groups in total. The van der Waals surface area contributed by atoms with Gasteiger partial charge in [0, 0.05) is 12.6 Å². The largest absolute Gasteiger partial charge is 0.393 e. The first-order chi connectivity index (χ1) is 9.54. The zero-order chi connectivity index (χ0) is 14.5. The molecule has 1 fully saturated rings. The number of anilines is 1. The lowest BCUT2D eigenvalue weighted by Gasteiger charge is -2.30. The lowest BCUT2D eigenvalue weighted by Crippen LogP contribution is -2.38. The van der Waals surface area contributed by atoms with Crippen LogP contribution in [-0.4, -0.2) is 47.3 Å². The molecule has 1 saturated carbocycles. The van der Waals surface area contributed by atoms with E-state index in [2.05, 4.69) is 10.5 Å². The smallest absolute Gasteiger partial charge is 0.239 e. The molecule has 2 unspecified atom stereocenters. The number of nitrogens with one attached hydrogen (secondary N) is 1. The molecule has 1 aliphatic carbocycles. The minimum Gasteiger partial charge on any atom is -0.393 e. The second-order valence-corrected chi connectivity index (χ2v) is 5.68. The first-order valence-corrected chi connectivity index (χ1v) is 7.14. The van der Waals surface area contributed by atoms with Crippen LogP contribution in [0.4, 0.5) is 5.82 Å². The van der Waals surface area contributed by atoms with Crippen molar-refractivity contribution in [3.63, 3.8) is 0 Å². The Morgan fingerprint density at radius 1 is 1.55 bits per heavy atom. The van der Waals surface area contributed by atoms with Gasteiger partial charge in [0.1, 0.15) is 5.76 Å². The van der Waals surface area contributed by atoms with Gasteiger partial charge in [-0.2, -0.15) is 0 Å². The van der Waals surface area contributed by atoms with Gasteiger partial charge in [-0.25, -0.2) is 0 Å². The quantitative estimate of drug-likeness (QED) is 0.853. The number of hydrogen-bond acceptors (Lipinski definition) is 5. The summed E-state index contributed by atoms with van der Waals surface area (Å²) in [6.07, 6.45) is 3.96. The monoisotopic (exact) mass is 281 g/mol. The van der Waals surface area contributed by atoms with Gasteiger partial charge in [0.05, 0.1) is 12.6 Å². The van der Waals surface area contributed by atoms with Gasteiger partial charge in [-0.05, 0) is 32.7 Å². The fourth-order valence-electron chi connectivity index (χ4n) is 2.72. The summed E-state index contributed by atoms with van der Waals surface area (Å²) < 4.78 is 4.89. The predicted molar refractivity (Wildman–Crippen MR) is 75.3 cm³/mol. The Morgan fingerprint density at radius 2 is 2.30 bits per heavy atom. The van der Waals surface area contributed by atoms with E-state index in [1.807, 2.05) is 11.9 Å². The van der Waals surface area contributed by atoms with E-state index in [1.165, 1.54) is 6.42 Å². The average Bonchev–Trinajstić information content (AvgIpc) is 2.77. The van der Waals surface area contributed by atoms with Crippen molar-refractivity contribution in [3.8, 4) is 0 Å². The normalized spacial score (nSPS) is 23.0. The van der Waals surface area contributed by atoms with E-state index >= 15 is 0 Å². The molecular formula is C14H23N3O3. The van der Waals surface area contributed by atoms with Crippen molar-refractivity contribution in [1.82, 2.24) is 10.1 Å². The van der Waals surface area contributed by atoms with E-state index < -0.39 is 0 Å². The van der Waals surface area contributed by atoms with Gasteiger partial charge >= 0.3 is 0 Å². The van der Waals surface area contributed by atoms with Crippen LogP contribution in [0, 0.1) is 12.8 Å². The molecule has 0 radical (unpaired) electrons. The topological polar surface area (TPSA) is 78.6 Å². The van der Waals surface area contributed by atoms with Crippen LogP contribution in [0.25, 0.3) is 0 Å². The third-order valence-electron chi connectivity index (χ3n) is 3.72. The van der Waals surface area contributed by atoms with E-state index in [-0.39, 0.29) is 24.5 Å². The van der Waals surface area contributed by atoms with Crippen LogP contribution < -0.4 is 5.32 Å². The molecule has 1 aromatic heterocycles. The number of aliphatic hydroxyl groups is 1. The molecule has 2 rings (SSSR count). The molecule has 6 nitrogen and oxygen atoms in total. The molecule has 1 amide bonds. The summed E-state index contributed by atoms with van der Waals surface area (Å²) >= 11 is 0. The second kappa shape index (κ2) is 6.85. The first-order valence-electron chi connectivity index (χ1n) is 7.14. The summed E-state index contributed by atoms with van der Waals surface area (Å²) in [5.41, 5.74) is 0. The number of carbonyl (C=O) groups excluding carboxylic acids is 1. The number of hydrogen-bond donors (Lipinski definition) is 2. The van der Waals surface area contributed by atoms with Gasteiger partial charge in [-0.1, -0.05) is 18.0 Å². The number of rotatable bonds is 5. The van der Waals surface area contributed by atoms with Crippen LogP contribution in [0.1, 0.15) is 31.4 Å². The van der Waals surface area contributed by atoms with E-state index in [4.69, 9.17) is 4.52 Å². The third-order valence-corrected chi connectivity index (χ3v) is 3.72. The predicted octanol–water partition coefficient (Wildman–Crippen LogP) is 1.40. The van der Waals surface area contributed by atoms with Crippen LogP contribution in [0.2, 0.25) is 0 Å². The zero-order valence-electron chi connectivity index (χ0n) is 12.1. The van der Waals surface area contributed by atoms with Gasteiger partial charge in [0.15, 0.2) is 5.82 Å². The molecule has 0 spiro atoms. The van der Waals surface area contributed by atoms with Crippen LogP contribution in [0.5, 0.6) is 0 Å². The van der Waals surface area contributed by atoms with Crippen molar-refractivity contribution >= 4 is 11.7 Å². The molecular weight excluding hydrogens is 258 g/mol. The summed E-state index contributed by atoms with van der Waals surface area (Å²) in [5, 5.41) is 16.4. The summed E-state index contributed by atoms with van der Waals surface area (Å²) in [4.78, 5) is 13.8. The number of amides is 1. The average molecular weight is 281 g/mol. The summed E-state index contributed by atoms with van der Waals surface area (Å²) in [6, 6.07) is 1.68. The number of nitrogens with zero attached hydrogens (tertiary/aromatic N) is 2. The maximum atomic E-state index is 11.9. The Bertz CT molecular complexity index is 447. The van der Waals surface area contributed by atoms with Crippen molar-refractivity contribution in [2.75, 3.05) is 25.5 Å². The molecule has 112 valence electrons. The second-order valence-electron chi connectivity index (χ2n) is 5.68. The van der Waals surface area contributed by atoms with Crippen LogP contribution in [-0.2, 0) is 4.79 Å². The molecule has 0 bridgehead atoms. The van der Waals surface area contributed by atoms with Gasteiger partial charge in [-0.3, -0.25) is 9.69 Å². The summed E-state index contributed by atoms with van der Waals surface area (Å²) in [6.45, 7) is 2.81. The number of aromatic nitrogens is 1. The highest BCUT2D eigenvalue weighted by atomic mass is 16.5. The number of aliphatic hydroxyl groups excluding tert-OH is 1. The minimum absolute atomic E-state index is 0.119. The Kier molecular flexibility index (Phi) is 5.14. The molecule has 6 heteroatoms. The van der Waals surface area contributed by atoms with Gasteiger partial charge < -0.3 is 14.9 Å². The maximum Gasteiger partial charge on any atom is 0.239 e. The number of likely N-dealkylation sites (N-methyl/N-ethyl adjacent to an activating group) is 1. The molecule has 1 aliphatic rings. The fourth-order valence-corrected chi connectivity index (χ4v) is 2.72. The van der Waals surface area contributed by atoms with Gasteiger partial charge in [0.2, 0.25) is 5.91 Å². The Morgan fingerprint density at radius 3 is 2.95 bits per heavy atom. The maximum absolute atomic E-state index is 11.9. The Balaban J connectivity index is 1.75. The SMILES string of the molecule is Cc1cc(NC(=O)CN(C)CC2CCCCC2O)no1. The number of carbonyl (C=O) groups is 1. The molecule has 0 saturated heterocycles. The molecule has 20 heavy (non-hydrogen) atoms.